The normalized spacial score (nSPS) is 15.2. The van der Waals surface area contributed by atoms with Crippen molar-refractivity contribution in [2.75, 3.05) is 30.8 Å². The first kappa shape index (κ1) is 15.8. The van der Waals surface area contributed by atoms with E-state index in [-0.39, 0.29) is 0 Å². The fourth-order valence-corrected chi connectivity index (χ4v) is 3.19. The predicted molar refractivity (Wildman–Crippen MR) is 102 cm³/mol. The molecule has 6 nitrogen and oxygen atoms in total. The largest absolute Gasteiger partial charge is 0.373 e. The molecule has 0 spiro atoms. The molecule has 4 rings (SSSR count). The molecule has 6 heteroatoms. The van der Waals surface area contributed by atoms with E-state index in [1.54, 1.807) is 6.20 Å². The molecule has 25 heavy (non-hydrogen) atoms. The van der Waals surface area contributed by atoms with E-state index in [2.05, 4.69) is 44.1 Å². The summed E-state index contributed by atoms with van der Waals surface area (Å²) in [6, 6.07) is 8.79. The van der Waals surface area contributed by atoms with E-state index in [4.69, 9.17) is 4.98 Å². The van der Waals surface area contributed by atoms with E-state index in [0.29, 0.717) is 6.04 Å². The van der Waals surface area contributed by atoms with Crippen molar-refractivity contribution in [1.82, 2.24) is 20.3 Å². The minimum absolute atomic E-state index is 0.465. The summed E-state index contributed by atoms with van der Waals surface area (Å²) >= 11 is 0. The first-order valence-electron chi connectivity index (χ1n) is 8.69. The minimum Gasteiger partial charge on any atom is -0.373 e. The molecular formula is C19H22N6. The number of nitrogens with zero attached hydrogens (tertiary/aromatic N) is 3. The van der Waals surface area contributed by atoms with Crippen LogP contribution in [0.3, 0.4) is 0 Å². The Morgan fingerprint density at radius 1 is 1.00 bits per heavy atom. The zero-order valence-corrected chi connectivity index (χ0v) is 14.3. The molecule has 1 fully saturated rings. The molecule has 0 amide bonds. The number of nitrogens with one attached hydrogen (secondary N) is 3. The maximum Gasteiger partial charge on any atom is 0.145 e. The number of aromatic nitrogens is 3. The lowest BCUT2D eigenvalue weighted by Gasteiger charge is -2.24. The van der Waals surface area contributed by atoms with Crippen LogP contribution in [0.4, 0.5) is 11.6 Å². The Morgan fingerprint density at radius 2 is 1.88 bits per heavy atom. The number of rotatable bonds is 4. The molecule has 1 aliphatic heterocycles. The van der Waals surface area contributed by atoms with Gasteiger partial charge in [-0.25, -0.2) is 9.97 Å². The molecule has 3 aromatic rings. The average Bonchev–Trinajstić information content (AvgIpc) is 2.68. The summed E-state index contributed by atoms with van der Waals surface area (Å²) in [5, 5.41) is 12.2. The molecule has 3 N–H and O–H groups in total. The SMILES string of the molecule is CNc1cc2cc(-c3cncc(NC4CCNCC4)n3)ccc2cn1. The second kappa shape index (κ2) is 7.03. The van der Waals surface area contributed by atoms with Gasteiger partial charge in [0.15, 0.2) is 0 Å². The Labute approximate surface area is 147 Å². The van der Waals surface area contributed by atoms with E-state index in [1.165, 1.54) is 0 Å². The molecule has 0 unspecified atom stereocenters. The van der Waals surface area contributed by atoms with Crippen molar-refractivity contribution < 1.29 is 0 Å². The van der Waals surface area contributed by atoms with E-state index < -0.39 is 0 Å². The second-order valence-corrected chi connectivity index (χ2v) is 6.34. The number of anilines is 2. The molecule has 2 aromatic heterocycles. The minimum atomic E-state index is 0.465. The lowest BCUT2D eigenvalue weighted by Crippen LogP contribution is -2.35. The monoisotopic (exact) mass is 334 g/mol. The maximum absolute atomic E-state index is 4.76. The van der Waals surface area contributed by atoms with Crippen molar-refractivity contribution in [3.8, 4) is 11.3 Å². The van der Waals surface area contributed by atoms with E-state index in [9.17, 15) is 0 Å². The first-order chi connectivity index (χ1) is 12.3. The highest BCUT2D eigenvalue weighted by Crippen LogP contribution is 2.25. The van der Waals surface area contributed by atoms with Gasteiger partial charge in [-0.2, -0.15) is 0 Å². The molecule has 0 saturated carbocycles. The van der Waals surface area contributed by atoms with Crippen molar-refractivity contribution in [3.63, 3.8) is 0 Å². The summed E-state index contributed by atoms with van der Waals surface area (Å²) in [5.74, 6) is 1.70. The van der Waals surface area contributed by atoms with Crippen LogP contribution in [0.15, 0.2) is 42.9 Å². The summed E-state index contributed by atoms with van der Waals surface area (Å²) in [4.78, 5) is 13.5. The van der Waals surface area contributed by atoms with Crippen LogP contribution in [0.25, 0.3) is 22.0 Å². The topological polar surface area (TPSA) is 74.8 Å². The Kier molecular flexibility index (Phi) is 4.43. The first-order valence-corrected chi connectivity index (χ1v) is 8.69. The van der Waals surface area contributed by atoms with Crippen molar-refractivity contribution in [2.24, 2.45) is 0 Å². The number of hydrogen-bond donors (Lipinski definition) is 3. The van der Waals surface area contributed by atoms with Gasteiger partial charge in [0.1, 0.15) is 11.6 Å². The highest BCUT2D eigenvalue weighted by Gasteiger charge is 2.13. The van der Waals surface area contributed by atoms with Crippen LogP contribution in [-0.2, 0) is 0 Å². The fourth-order valence-electron chi connectivity index (χ4n) is 3.19. The van der Waals surface area contributed by atoms with Gasteiger partial charge in [0.25, 0.3) is 0 Å². The molecule has 1 aliphatic rings. The molecule has 128 valence electrons. The Morgan fingerprint density at radius 3 is 2.72 bits per heavy atom. The van der Waals surface area contributed by atoms with Gasteiger partial charge in [-0.3, -0.25) is 4.98 Å². The van der Waals surface area contributed by atoms with Crippen LogP contribution in [0, 0.1) is 0 Å². The Hall–Kier alpha value is -2.73. The van der Waals surface area contributed by atoms with Crippen LogP contribution in [0.2, 0.25) is 0 Å². The van der Waals surface area contributed by atoms with E-state index in [0.717, 1.165) is 59.6 Å². The van der Waals surface area contributed by atoms with Crippen molar-refractivity contribution in [2.45, 2.75) is 18.9 Å². The van der Waals surface area contributed by atoms with Gasteiger partial charge in [0.05, 0.1) is 18.1 Å². The summed E-state index contributed by atoms with van der Waals surface area (Å²) in [7, 11) is 1.87. The lowest BCUT2D eigenvalue weighted by atomic mass is 10.1. The average molecular weight is 334 g/mol. The van der Waals surface area contributed by atoms with Crippen LogP contribution >= 0.6 is 0 Å². The van der Waals surface area contributed by atoms with Gasteiger partial charge < -0.3 is 16.0 Å². The van der Waals surface area contributed by atoms with Crippen molar-refractivity contribution in [3.05, 3.63) is 42.9 Å². The van der Waals surface area contributed by atoms with Crippen molar-refractivity contribution in [1.29, 1.82) is 0 Å². The summed E-state index contributed by atoms with van der Waals surface area (Å²) < 4.78 is 0. The van der Waals surface area contributed by atoms with Gasteiger partial charge in [0, 0.05) is 30.2 Å². The van der Waals surface area contributed by atoms with Gasteiger partial charge >= 0.3 is 0 Å². The zero-order valence-electron chi connectivity index (χ0n) is 14.3. The van der Waals surface area contributed by atoms with Gasteiger partial charge in [0.2, 0.25) is 0 Å². The molecule has 0 bridgehead atoms. The highest BCUT2D eigenvalue weighted by molar-refractivity contribution is 5.88. The standard InChI is InChI=1S/C19H22N6/c1-20-18-9-15-8-13(2-3-14(15)10-23-18)17-11-22-12-19(25-17)24-16-4-6-21-7-5-16/h2-3,8-12,16,21H,4-7H2,1H3,(H,20,23)(H,24,25). The summed E-state index contributed by atoms with van der Waals surface area (Å²) in [6.45, 7) is 2.11. The number of piperidine rings is 1. The van der Waals surface area contributed by atoms with Gasteiger partial charge in [-0.1, -0.05) is 12.1 Å². The smallest absolute Gasteiger partial charge is 0.145 e. The van der Waals surface area contributed by atoms with Gasteiger partial charge in [-0.15, -0.1) is 0 Å². The fraction of sp³-hybridized carbons (Fsp3) is 0.316. The quantitative estimate of drug-likeness (QED) is 0.681. The Bertz CT molecular complexity index is 873. The molecule has 1 saturated heterocycles. The Balaban J connectivity index is 1.62. The summed E-state index contributed by atoms with van der Waals surface area (Å²) in [6.07, 6.45) is 7.72. The van der Waals surface area contributed by atoms with E-state index in [1.807, 2.05) is 25.5 Å². The molecule has 1 aromatic carbocycles. The lowest BCUT2D eigenvalue weighted by molar-refractivity contribution is 0.478. The highest BCUT2D eigenvalue weighted by atomic mass is 15.1. The predicted octanol–water partition coefficient (Wildman–Crippen LogP) is 2.90. The molecule has 3 heterocycles. The van der Waals surface area contributed by atoms with Crippen LogP contribution in [-0.4, -0.2) is 41.1 Å². The van der Waals surface area contributed by atoms with Crippen LogP contribution < -0.4 is 16.0 Å². The molecule has 0 atom stereocenters. The second-order valence-electron chi connectivity index (χ2n) is 6.34. The molecular weight excluding hydrogens is 312 g/mol. The van der Waals surface area contributed by atoms with Gasteiger partial charge in [-0.05, 0) is 43.5 Å². The number of benzene rings is 1. The number of pyridine rings is 1. The third kappa shape index (κ3) is 3.53. The molecule has 0 aliphatic carbocycles. The number of hydrogen-bond acceptors (Lipinski definition) is 6. The summed E-state index contributed by atoms with van der Waals surface area (Å²) in [5.41, 5.74) is 1.94. The maximum atomic E-state index is 4.76. The van der Waals surface area contributed by atoms with Crippen molar-refractivity contribution >= 4 is 22.4 Å². The zero-order chi connectivity index (χ0) is 17.1. The van der Waals surface area contributed by atoms with Crippen LogP contribution in [0.1, 0.15) is 12.8 Å². The third-order valence-electron chi connectivity index (χ3n) is 4.60. The van der Waals surface area contributed by atoms with E-state index >= 15 is 0 Å². The van der Waals surface area contributed by atoms with Crippen LogP contribution in [0.5, 0.6) is 0 Å². The number of fused-ring (bicyclic) bond motifs is 1. The molecule has 0 radical (unpaired) electrons. The third-order valence-corrected chi connectivity index (χ3v) is 4.60.